The number of phenolic OH excluding ortho intramolecular Hbond substituents is 1. The van der Waals surface area contributed by atoms with Gasteiger partial charge in [-0.1, -0.05) is 6.07 Å². The normalized spacial score (nSPS) is 19.4. The first kappa shape index (κ1) is 11.4. The fourth-order valence-electron chi connectivity index (χ4n) is 2.10. The lowest BCUT2D eigenvalue weighted by Gasteiger charge is -2.26. The number of hydrogen-bond acceptors (Lipinski definition) is 3. The van der Waals surface area contributed by atoms with Gasteiger partial charge in [-0.2, -0.15) is 0 Å². The summed E-state index contributed by atoms with van der Waals surface area (Å²) in [7, 11) is 0. The highest BCUT2D eigenvalue weighted by Crippen LogP contribution is 2.31. The summed E-state index contributed by atoms with van der Waals surface area (Å²) in [5.41, 5.74) is 2.40. The van der Waals surface area contributed by atoms with Crippen LogP contribution in [0.25, 0.3) is 0 Å². The minimum atomic E-state index is 0.121. The number of ether oxygens (including phenoxy) is 2. The van der Waals surface area contributed by atoms with Gasteiger partial charge in [-0.05, 0) is 36.6 Å². The van der Waals surface area contributed by atoms with Gasteiger partial charge in [0.15, 0.2) is 0 Å². The van der Waals surface area contributed by atoms with Crippen molar-refractivity contribution in [2.75, 3.05) is 19.8 Å². The van der Waals surface area contributed by atoms with Crippen LogP contribution >= 0.6 is 0 Å². The van der Waals surface area contributed by atoms with Gasteiger partial charge in [0.1, 0.15) is 5.75 Å². The second kappa shape index (κ2) is 5.32. The molecule has 0 saturated carbocycles. The molecular weight excluding hydrogens is 204 g/mol. The predicted molar refractivity (Wildman–Crippen MR) is 61.6 cm³/mol. The SMILES string of the molecule is CCOCCC1OCCc2cc(O)ccc21. The Morgan fingerprint density at radius 3 is 3.19 bits per heavy atom. The van der Waals surface area contributed by atoms with Gasteiger partial charge in [0.25, 0.3) is 0 Å². The Bertz CT molecular complexity index is 349. The van der Waals surface area contributed by atoms with Gasteiger partial charge < -0.3 is 14.6 Å². The van der Waals surface area contributed by atoms with Crippen molar-refractivity contribution in [3.63, 3.8) is 0 Å². The van der Waals surface area contributed by atoms with E-state index in [4.69, 9.17) is 9.47 Å². The fraction of sp³-hybridized carbons (Fsp3) is 0.538. The zero-order chi connectivity index (χ0) is 11.4. The van der Waals surface area contributed by atoms with Crippen molar-refractivity contribution in [3.05, 3.63) is 29.3 Å². The molecule has 0 aliphatic carbocycles. The minimum Gasteiger partial charge on any atom is -0.508 e. The third kappa shape index (κ3) is 2.54. The van der Waals surface area contributed by atoms with Crippen LogP contribution in [0.3, 0.4) is 0 Å². The lowest BCUT2D eigenvalue weighted by molar-refractivity contribution is 0.0139. The summed E-state index contributed by atoms with van der Waals surface area (Å²) in [6.45, 7) is 4.19. The first-order chi connectivity index (χ1) is 7.81. The average Bonchev–Trinajstić information content (AvgIpc) is 2.29. The van der Waals surface area contributed by atoms with Gasteiger partial charge in [-0.3, -0.25) is 0 Å². The highest BCUT2D eigenvalue weighted by molar-refractivity contribution is 5.37. The van der Waals surface area contributed by atoms with E-state index in [-0.39, 0.29) is 6.10 Å². The fourth-order valence-corrected chi connectivity index (χ4v) is 2.10. The molecule has 3 heteroatoms. The topological polar surface area (TPSA) is 38.7 Å². The molecule has 1 aromatic carbocycles. The second-order valence-electron chi connectivity index (χ2n) is 3.98. The maximum Gasteiger partial charge on any atom is 0.115 e. The maximum absolute atomic E-state index is 9.42. The van der Waals surface area contributed by atoms with Crippen molar-refractivity contribution in [2.24, 2.45) is 0 Å². The molecule has 0 bridgehead atoms. The highest BCUT2D eigenvalue weighted by atomic mass is 16.5. The first-order valence-corrected chi connectivity index (χ1v) is 5.82. The number of benzene rings is 1. The van der Waals surface area contributed by atoms with Crippen molar-refractivity contribution in [2.45, 2.75) is 25.9 Å². The van der Waals surface area contributed by atoms with E-state index in [1.807, 2.05) is 19.1 Å². The van der Waals surface area contributed by atoms with Crippen LogP contribution in [-0.4, -0.2) is 24.9 Å². The zero-order valence-corrected chi connectivity index (χ0v) is 9.61. The molecule has 1 atom stereocenters. The van der Waals surface area contributed by atoms with E-state index in [2.05, 4.69) is 0 Å². The van der Waals surface area contributed by atoms with E-state index < -0.39 is 0 Å². The summed E-state index contributed by atoms with van der Waals surface area (Å²) in [6, 6.07) is 5.52. The third-order valence-corrected chi connectivity index (χ3v) is 2.89. The van der Waals surface area contributed by atoms with Crippen molar-refractivity contribution in [3.8, 4) is 5.75 Å². The molecule has 1 aliphatic heterocycles. The molecule has 3 nitrogen and oxygen atoms in total. The molecule has 1 aromatic rings. The Kier molecular flexibility index (Phi) is 3.80. The molecule has 0 radical (unpaired) electrons. The van der Waals surface area contributed by atoms with Crippen LogP contribution in [-0.2, 0) is 15.9 Å². The summed E-state index contributed by atoms with van der Waals surface area (Å²) in [6.07, 6.45) is 1.89. The van der Waals surface area contributed by atoms with Crippen LogP contribution in [0.4, 0.5) is 0 Å². The number of hydrogen-bond donors (Lipinski definition) is 1. The first-order valence-electron chi connectivity index (χ1n) is 5.82. The van der Waals surface area contributed by atoms with Gasteiger partial charge in [0.05, 0.1) is 12.7 Å². The molecule has 1 N–H and O–H groups in total. The van der Waals surface area contributed by atoms with Gasteiger partial charge in [0, 0.05) is 19.6 Å². The van der Waals surface area contributed by atoms with Crippen LogP contribution in [0.2, 0.25) is 0 Å². The zero-order valence-electron chi connectivity index (χ0n) is 9.61. The second-order valence-corrected chi connectivity index (χ2v) is 3.98. The van der Waals surface area contributed by atoms with E-state index in [1.165, 1.54) is 11.1 Å². The number of rotatable bonds is 4. The summed E-state index contributed by atoms with van der Waals surface area (Å²) in [5.74, 6) is 0.337. The standard InChI is InChI=1S/C13H18O3/c1-2-15-7-6-13-12-4-3-11(14)9-10(12)5-8-16-13/h3-4,9,13-14H,2,5-8H2,1H3. The summed E-state index contributed by atoms with van der Waals surface area (Å²) in [5, 5.41) is 9.42. The van der Waals surface area contributed by atoms with Crippen molar-refractivity contribution >= 4 is 0 Å². The molecule has 0 spiro atoms. The van der Waals surface area contributed by atoms with Gasteiger partial charge in [-0.25, -0.2) is 0 Å². The summed E-state index contributed by atoms with van der Waals surface area (Å²) < 4.78 is 11.1. The third-order valence-electron chi connectivity index (χ3n) is 2.89. The van der Waals surface area contributed by atoms with Crippen LogP contribution in [0.5, 0.6) is 5.75 Å². The van der Waals surface area contributed by atoms with Crippen molar-refractivity contribution in [1.29, 1.82) is 0 Å². The lowest BCUT2D eigenvalue weighted by Crippen LogP contribution is -2.17. The Morgan fingerprint density at radius 1 is 1.50 bits per heavy atom. The van der Waals surface area contributed by atoms with E-state index in [1.54, 1.807) is 6.07 Å². The Hall–Kier alpha value is -1.06. The molecule has 1 heterocycles. The van der Waals surface area contributed by atoms with Crippen LogP contribution in [0.1, 0.15) is 30.6 Å². The number of fused-ring (bicyclic) bond motifs is 1. The molecule has 1 unspecified atom stereocenters. The maximum atomic E-state index is 9.42. The molecule has 2 rings (SSSR count). The van der Waals surface area contributed by atoms with Crippen molar-refractivity contribution in [1.82, 2.24) is 0 Å². The van der Waals surface area contributed by atoms with E-state index in [0.29, 0.717) is 5.75 Å². The average molecular weight is 222 g/mol. The molecular formula is C13H18O3. The molecule has 0 saturated heterocycles. The van der Waals surface area contributed by atoms with Crippen LogP contribution in [0, 0.1) is 0 Å². The molecule has 1 aliphatic rings. The summed E-state index contributed by atoms with van der Waals surface area (Å²) >= 11 is 0. The Morgan fingerprint density at radius 2 is 2.38 bits per heavy atom. The monoisotopic (exact) mass is 222 g/mol. The number of phenols is 1. The van der Waals surface area contributed by atoms with E-state index in [0.717, 1.165) is 32.7 Å². The van der Waals surface area contributed by atoms with Crippen LogP contribution in [0.15, 0.2) is 18.2 Å². The molecule has 0 aromatic heterocycles. The van der Waals surface area contributed by atoms with Gasteiger partial charge in [0.2, 0.25) is 0 Å². The molecule has 88 valence electrons. The largest absolute Gasteiger partial charge is 0.508 e. The summed E-state index contributed by atoms with van der Waals surface area (Å²) in [4.78, 5) is 0. The predicted octanol–water partition coefficient (Wildman–Crippen LogP) is 2.43. The molecule has 0 amide bonds. The van der Waals surface area contributed by atoms with E-state index in [9.17, 15) is 5.11 Å². The minimum absolute atomic E-state index is 0.121. The Balaban J connectivity index is 2.07. The molecule has 16 heavy (non-hydrogen) atoms. The number of aromatic hydroxyl groups is 1. The van der Waals surface area contributed by atoms with Crippen LogP contribution < -0.4 is 0 Å². The van der Waals surface area contributed by atoms with E-state index >= 15 is 0 Å². The molecule has 0 fully saturated rings. The highest BCUT2D eigenvalue weighted by Gasteiger charge is 2.20. The lowest BCUT2D eigenvalue weighted by atomic mass is 9.96. The smallest absolute Gasteiger partial charge is 0.115 e. The van der Waals surface area contributed by atoms with Gasteiger partial charge >= 0.3 is 0 Å². The Labute approximate surface area is 96.0 Å². The quantitative estimate of drug-likeness (QED) is 0.795. The van der Waals surface area contributed by atoms with Crippen molar-refractivity contribution < 1.29 is 14.6 Å². The van der Waals surface area contributed by atoms with Gasteiger partial charge in [-0.15, -0.1) is 0 Å².